The summed E-state index contributed by atoms with van der Waals surface area (Å²) in [4.78, 5) is 21.6. The predicted molar refractivity (Wildman–Crippen MR) is 142 cm³/mol. The van der Waals surface area contributed by atoms with E-state index in [-0.39, 0.29) is 5.92 Å². The fourth-order valence-corrected chi connectivity index (χ4v) is 4.27. The third-order valence-electron chi connectivity index (χ3n) is 6.15. The number of benzene rings is 3. The molecule has 0 aliphatic carbocycles. The second-order valence-electron chi connectivity index (χ2n) is 8.70. The molecule has 1 fully saturated rings. The van der Waals surface area contributed by atoms with E-state index in [1.165, 1.54) is 11.2 Å². The van der Waals surface area contributed by atoms with Gasteiger partial charge in [0.15, 0.2) is 11.5 Å². The van der Waals surface area contributed by atoms with Crippen molar-refractivity contribution >= 4 is 28.5 Å². The number of hydrogen-bond donors (Lipinski definition) is 2. The third kappa shape index (κ3) is 5.73. The lowest BCUT2D eigenvalue weighted by Crippen LogP contribution is -2.38. The Morgan fingerprint density at radius 1 is 1.08 bits per heavy atom. The first-order chi connectivity index (χ1) is 18.1. The van der Waals surface area contributed by atoms with Crippen molar-refractivity contribution in [3.8, 4) is 29.1 Å². The summed E-state index contributed by atoms with van der Waals surface area (Å²) in [6.07, 6.45) is 2.35. The van der Waals surface area contributed by atoms with Gasteiger partial charge in [0.1, 0.15) is 17.9 Å². The molecule has 0 bridgehead atoms. The Hall–Kier alpha value is -4.77. The summed E-state index contributed by atoms with van der Waals surface area (Å²) in [6.45, 7) is 1.01. The molecule has 0 saturated carbocycles. The Kier molecular flexibility index (Phi) is 7.04. The van der Waals surface area contributed by atoms with Crippen LogP contribution in [-0.2, 0) is 0 Å². The number of anilines is 2. The standard InChI is InChI=1S/C29H26N4O4/c1-36-27-17-22(12-14-26(27)37-23-7-3-2-4-8-23)32-28-24-16-20(11-13-25(24)30-19-31-28)9-10-21-6-5-15-33(18-21)29(34)35/h2-4,7-8,11-14,16-17,19,21H,5-6,15,18H2,1H3,(H,34,35)(H,30,31,32). The van der Waals surface area contributed by atoms with Crippen LogP contribution in [0.15, 0.2) is 73.1 Å². The monoisotopic (exact) mass is 494 g/mol. The zero-order valence-electron chi connectivity index (χ0n) is 20.3. The van der Waals surface area contributed by atoms with Crippen molar-refractivity contribution in [1.29, 1.82) is 0 Å². The summed E-state index contributed by atoms with van der Waals surface area (Å²) in [5.41, 5.74) is 2.39. The average Bonchev–Trinajstić information content (AvgIpc) is 2.93. The van der Waals surface area contributed by atoms with Crippen molar-refractivity contribution in [3.63, 3.8) is 0 Å². The molecule has 5 rings (SSSR count). The molecule has 186 valence electrons. The van der Waals surface area contributed by atoms with Crippen LogP contribution in [0.5, 0.6) is 17.2 Å². The highest BCUT2D eigenvalue weighted by molar-refractivity contribution is 5.91. The number of piperidine rings is 1. The summed E-state index contributed by atoms with van der Waals surface area (Å²) < 4.78 is 11.5. The number of methoxy groups -OCH3 is 1. The lowest BCUT2D eigenvalue weighted by atomic mass is 9.98. The lowest BCUT2D eigenvalue weighted by molar-refractivity contribution is 0.128. The van der Waals surface area contributed by atoms with E-state index in [0.717, 1.165) is 40.7 Å². The molecular formula is C29H26N4O4. The molecule has 37 heavy (non-hydrogen) atoms. The molecule has 4 aromatic rings. The van der Waals surface area contributed by atoms with E-state index in [4.69, 9.17) is 9.47 Å². The van der Waals surface area contributed by atoms with Crippen molar-refractivity contribution in [2.45, 2.75) is 12.8 Å². The van der Waals surface area contributed by atoms with E-state index < -0.39 is 6.09 Å². The molecule has 2 N–H and O–H groups in total. The van der Waals surface area contributed by atoms with Gasteiger partial charge in [-0.1, -0.05) is 30.0 Å². The molecule has 1 atom stereocenters. The fourth-order valence-electron chi connectivity index (χ4n) is 4.27. The molecular weight excluding hydrogens is 468 g/mol. The van der Waals surface area contributed by atoms with E-state index in [1.807, 2.05) is 66.7 Å². The zero-order chi connectivity index (χ0) is 25.6. The fraction of sp³-hybridized carbons (Fsp3) is 0.207. The molecule has 1 saturated heterocycles. The second-order valence-corrected chi connectivity index (χ2v) is 8.70. The zero-order valence-corrected chi connectivity index (χ0v) is 20.3. The number of aromatic nitrogens is 2. The highest BCUT2D eigenvalue weighted by Crippen LogP contribution is 2.35. The lowest BCUT2D eigenvalue weighted by Gasteiger charge is -2.27. The minimum Gasteiger partial charge on any atom is -0.493 e. The number of likely N-dealkylation sites (tertiary alicyclic amines) is 1. The molecule has 1 unspecified atom stereocenters. The smallest absolute Gasteiger partial charge is 0.407 e. The normalized spacial score (nSPS) is 14.9. The topological polar surface area (TPSA) is 96.8 Å². The van der Waals surface area contributed by atoms with Crippen molar-refractivity contribution < 1.29 is 19.4 Å². The van der Waals surface area contributed by atoms with Gasteiger partial charge in [0, 0.05) is 41.7 Å². The van der Waals surface area contributed by atoms with Crippen LogP contribution in [0.1, 0.15) is 18.4 Å². The molecule has 8 nitrogen and oxygen atoms in total. The maximum absolute atomic E-state index is 11.3. The SMILES string of the molecule is COc1cc(Nc2ncnc3ccc(C#CC4CCCN(C(=O)O)C4)cc23)ccc1Oc1ccccc1. The number of carboxylic acid groups (broad SMARTS) is 1. The Bertz CT molecular complexity index is 1480. The number of ether oxygens (including phenoxy) is 2. The molecule has 1 amide bonds. The number of amides is 1. The van der Waals surface area contributed by atoms with E-state index in [2.05, 4.69) is 27.1 Å². The molecule has 8 heteroatoms. The van der Waals surface area contributed by atoms with Crippen LogP contribution in [0.25, 0.3) is 10.9 Å². The van der Waals surface area contributed by atoms with Crippen LogP contribution >= 0.6 is 0 Å². The van der Waals surface area contributed by atoms with E-state index in [9.17, 15) is 9.90 Å². The molecule has 1 aliphatic heterocycles. The van der Waals surface area contributed by atoms with Gasteiger partial charge in [-0.05, 0) is 55.3 Å². The number of rotatable bonds is 5. The molecule has 1 aromatic heterocycles. The highest BCUT2D eigenvalue weighted by Gasteiger charge is 2.21. The van der Waals surface area contributed by atoms with Crippen LogP contribution in [-0.4, -0.2) is 46.3 Å². The van der Waals surface area contributed by atoms with Crippen LogP contribution in [0, 0.1) is 17.8 Å². The van der Waals surface area contributed by atoms with Gasteiger partial charge in [0.25, 0.3) is 0 Å². The van der Waals surface area contributed by atoms with Crippen LogP contribution in [0.4, 0.5) is 16.3 Å². The Morgan fingerprint density at radius 3 is 2.76 bits per heavy atom. The van der Waals surface area contributed by atoms with Gasteiger partial charge >= 0.3 is 6.09 Å². The second kappa shape index (κ2) is 10.9. The number of carbonyl (C=O) groups is 1. The maximum Gasteiger partial charge on any atom is 0.407 e. The largest absolute Gasteiger partial charge is 0.493 e. The summed E-state index contributed by atoms with van der Waals surface area (Å²) in [7, 11) is 1.60. The van der Waals surface area contributed by atoms with Crippen LogP contribution < -0.4 is 14.8 Å². The minimum absolute atomic E-state index is 0.0225. The summed E-state index contributed by atoms with van der Waals surface area (Å²) in [5, 5.41) is 13.5. The van der Waals surface area contributed by atoms with Crippen molar-refractivity contribution in [1.82, 2.24) is 14.9 Å². The van der Waals surface area contributed by atoms with Gasteiger partial charge in [-0.15, -0.1) is 0 Å². The molecule has 3 aromatic carbocycles. The summed E-state index contributed by atoms with van der Waals surface area (Å²) in [5.74, 6) is 9.04. The predicted octanol–water partition coefficient (Wildman–Crippen LogP) is 5.92. The van der Waals surface area contributed by atoms with Crippen molar-refractivity contribution in [2.24, 2.45) is 5.92 Å². The first-order valence-corrected chi connectivity index (χ1v) is 12.0. The quantitative estimate of drug-likeness (QED) is 0.333. The minimum atomic E-state index is -0.888. The Morgan fingerprint density at radius 2 is 1.95 bits per heavy atom. The number of nitrogens with one attached hydrogen (secondary N) is 1. The van der Waals surface area contributed by atoms with Gasteiger partial charge in [0.2, 0.25) is 0 Å². The Labute approximate surface area is 214 Å². The highest BCUT2D eigenvalue weighted by atomic mass is 16.5. The van der Waals surface area contributed by atoms with Crippen molar-refractivity contribution in [3.05, 3.63) is 78.6 Å². The number of para-hydroxylation sites is 1. The van der Waals surface area contributed by atoms with Gasteiger partial charge in [-0.2, -0.15) is 0 Å². The van der Waals surface area contributed by atoms with Crippen molar-refractivity contribution in [2.75, 3.05) is 25.5 Å². The summed E-state index contributed by atoms with van der Waals surface area (Å²) in [6, 6.07) is 20.9. The molecule has 1 aliphatic rings. The molecule has 0 radical (unpaired) electrons. The number of nitrogens with zero attached hydrogens (tertiary/aromatic N) is 3. The molecule has 0 spiro atoms. The number of fused-ring (bicyclic) bond motifs is 1. The maximum atomic E-state index is 11.3. The van der Waals surface area contributed by atoms with Crippen LogP contribution in [0.3, 0.4) is 0 Å². The Balaban J connectivity index is 1.37. The van der Waals surface area contributed by atoms with Gasteiger partial charge < -0.3 is 24.8 Å². The van der Waals surface area contributed by atoms with E-state index in [0.29, 0.717) is 30.4 Å². The first kappa shape index (κ1) is 23.9. The van der Waals surface area contributed by atoms with E-state index in [1.54, 1.807) is 7.11 Å². The van der Waals surface area contributed by atoms with Gasteiger partial charge in [-0.3, -0.25) is 0 Å². The van der Waals surface area contributed by atoms with Gasteiger partial charge in [-0.25, -0.2) is 14.8 Å². The molecule has 2 heterocycles. The van der Waals surface area contributed by atoms with E-state index >= 15 is 0 Å². The average molecular weight is 495 g/mol. The van der Waals surface area contributed by atoms with Crippen LogP contribution in [0.2, 0.25) is 0 Å². The third-order valence-corrected chi connectivity index (χ3v) is 6.15. The summed E-state index contributed by atoms with van der Waals surface area (Å²) >= 11 is 0. The van der Waals surface area contributed by atoms with Gasteiger partial charge in [0.05, 0.1) is 12.6 Å². The number of hydrogen-bond acceptors (Lipinski definition) is 6. The first-order valence-electron chi connectivity index (χ1n) is 12.0.